The molecule has 98 valence electrons. The first-order valence-corrected chi connectivity index (χ1v) is 5.99. The van der Waals surface area contributed by atoms with Crippen LogP contribution in [0.4, 0.5) is 11.4 Å². The fourth-order valence-electron chi connectivity index (χ4n) is 1.88. The molecule has 0 radical (unpaired) electrons. The number of anilines is 2. The minimum absolute atomic E-state index is 0.00109. The zero-order valence-electron chi connectivity index (χ0n) is 10.1. The van der Waals surface area contributed by atoms with E-state index in [0.29, 0.717) is 22.0 Å². The van der Waals surface area contributed by atoms with Gasteiger partial charge in [-0.3, -0.25) is 4.79 Å². The Bertz CT molecular complexity index is 492. The highest BCUT2D eigenvalue weighted by Crippen LogP contribution is 2.38. The van der Waals surface area contributed by atoms with E-state index in [1.54, 1.807) is 12.1 Å². The summed E-state index contributed by atoms with van der Waals surface area (Å²) in [4.78, 5) is 13.2. The summed E-state index contributed by atoms with van der Waals surface area (Å²) >= 11 is 6.14. The predicted octanol–water partition coefficient (Wildman–Crippen LogP) is 1.14. The van der Waals surface area contributed by atoms with Crippen molar-refractivity contribution in [2.45, 2.75) is 19.1 Å². The highest BCUT2D eigenvalue weighted by molar-refractivity contribution is 6.33. The summed E-state index contributed by atoms with van der Waals surface area (Å²) in [6.45, 7) is 1.86. The van der Waals surface area contributed by atoms with Crippen LogP contribution >= 0.6 is 11.6 Å². The molecule has 3 N–H and O–H groups in total. The SMILES string of the molecule is CC(CO)N(C)c1cc2c(cc1Cl)C(O)C(=O)N2. The number of likely N-dealkylation sites (N-methyl/N-ethyl adjacent to an activating group) is 1. The minimum atomic E-state index is -1.16. The van der Waals surface area contributed by atoms with Crippen molar-refractivity contribution in [1.29, 1.82) is 0 Å². The van der Waals surface area contributed by atoms with Crippen molar-refractivity contribution in [2.75, 3.05) is 23.9 Å². The number of hydrogen-bond donors (Lipinski definition) is 3. The van der Waals surface area contributed by atoms with E-state index in [2.05, 4.69) is 5.32 Å². The minimum Gasteiger partial charge on any atom is -0.394 e. The summed E-state index contributed by atoms with van der Waals surface area (Å²) in [6, 6.07) is 3.19. The highest BCUT2D eigenvalue weighted by Gasteiger charge is 2.30. The number of halogens is 1. The van der Waals surface area contributed by atoms with Gasteiger partial charge < -0.3 is 20.4 Å². The van der Waals surface area contributed by atoms with Crippen LogP contribution in [0.5, 0.6) is 0 Å². The number of fused-ring (bicyclic) bond motifs is 1. The standard InChI is InChI=1S/C12H15ClN2O3/c1-6(5-16)15(2)10-4-9-7(3-8(10)13)11(17)12(18)14-9/h3-4,6,11,16-17H,5H2,1-2H3,(H,14,18). The number of aliphatic hydroxyl groups excluding tert-OH is 2. The third-order valence-corrected chi connectivity index (χ3v) is 3.53. The summed E-state index contributed by atoms with van der Waals surface area (Å²) in [6.07, 6.45) is -1.16. The highest BCUT2D eigenvalue weighted by atomic mass is 35.5. The van der Waals surface area contributed by atoms with Crippen LogP contribution in [0.25, 0.3) is 0 Å². The van der Waals surface area contributed by atoms with E-state index in [4.69, 9.17) is 16.7 Å². The van der Waals surface area contributed by atoms with Gasteiger partial charge in [0.1, 0.15) is 0 Å². The van der Waals surface area contributed by atoms with E-state index in [9.17, 15) is 9.90 Å². The van der Waals surface area contributed by atoms with Gasteiger partial charge in [0, 0.05) is 24.3 Å². The van der Waals surface area contributed by atoms with Gasteiger partial charge in [-0.2, -0.15) is 0 Å². The second kappa shape index (κ2) is 4.76. The number of hydrogen-bond acceptors (Lipinski definition) is 4. The number of aliphatic hydroxyl groups is 2. The molecule has 1 heterocycles. The maximum atomic E-state index is 11.4. The van der Waals surface area contributed by atoms with Gasteiger partial charge in [-0.1, -0.05) is 11.6 Å². The zero-order valence-corrected chi connectivity index (χ0v) is 10.9. The number of nitrogens with zero attached hydrogens (tertiary/aromatic N) is 1. The fraction of sp³-hybridized carbons (Fsp3) is 0.417. The Morgan fingerprint density at radius 3 is 2.83 bits per heavy atom. The summed E-state index contributed by atoms with van der Waals surface area (Å²) in [5.74, 6) is -0.448. The molecule has 0 fully saturated rings. The number of carbonyl (C=O) groups is 1. The van der Waals surface area contributed by atoms with E-state index in [0.717, 1.165) is 0 Å². The Morgan fingerprint density at radius 1 is 1.56 bits per heavy atom. The van der Waals surface area contributed by atoms with Crippen molar-refractivity contribution in [1.82, 2.24) is 0 Å². The van der Waals surface area contributed by atoms with Gasteiger partial charge >= 0.3 is 0 Å². The van der Waals surface area contributed by atoms with Crippen LogP contribution < -0.4 is 10.2 Å². The molecule has 0 aliphatic carbocycles. The van der Waals surface area contributed by atoms with Crippen molar-refractivity contribution in [3.05, 3.63) is 22.7 Å². The van der Waals surface area contributed by atoms with Crippen molar-refractivity contribution >= 4 is 28.9 Å². The first-order chi connectivity index (χ1) is 8.45. The van der Waals surface area contributed by atoms with Crippen LogP contribution in [0.3, 0.4) is 0 Å². The Hall–Kier alpha value is -1.30. The molecule has 2 atom stereocenters. The van der Waals surface area contributed by atoms with Crippen molar-refractivity contribution in [2.24, 2.45) is 0 Å². The van der Waals surface area contributed by atoms with E-state index in [1.165, 1.54) is 0 Å². The van der Waals surface area contributed by atoms with Gasteiger partial charge in [0.25, 0.3) is 5.91 Å². The summed E-state index contributed by atoms with van der Waals surface area (Å²) in [5, 5.41) is 21.8. The number of rotatable bonds is 3. The average Bonchev–Trinajstić information content (AvgIpc) is 2.63. The molecular formula is C12H15ClN2O3. The molecule has 0 bridgehead atoms. The van der Waals surface area contributed by atoms with Gasteiger partial charge in [-0.15, -0.1) is 0 Å². The molecule has 2 rings (SSSR count). The number of carbonyl (C=O) groups excluding carboxylic acids is 1. The fourth-order valence-corrected chi connectivity index (χ4v) is 2.19. The quantitative estimate of drug-likeness (QED) is 0.770. The molecule has 1 aromatic rings. The van der Waals surface area contributed by atoms with E-state index in [1.807, 2.05) is 18.9 Å². The molecule has 1 aliphatic rings. The summed E-state index contributed by atoms with van der Waals surface area (Å²) in [7, 11) is 1.81. The molecular weight excluding hydrogens is 256 g/mol. The van der Waals surface area contributed by atoms with Gasteiger partial charge in [0.15, 0.2) is 6.10 Å². The van der Waals surface area contributed by atoms with Crippen molar-refractivity contribution in [3.8, 4) is 0 Å². The Kier molecular flexibility index (Phi) is 3.47. The lowest BCUT2D eigenvalue weighted by Crippen LogP contribution is -2.32. The lowest BCUT2D eigenvalue weighted by molar-refractivity contribution is -0.123. The molecule has 1 amide bonds. The van der Waals surface area contributed by atoms with Gasteiger partial charge in [-0.25, -0.2) is 0 Å². The third-order valence-electron chi connectivity index (χ3n) is 3.23. The lowest BCUT2D eigenvalue weighted by Gasteiger charge is -2.26. The van der Waals surface area contributed by atoms with E-state index < -0.39 is 12.0 Å². The monoisotopic (exact) mass is 270 g/mol. The molecule has 1 aromatic carbocycles. The number of nitrogens with one attached hydrogen (secondary N) is 1. The number of benzene rings is 1. The van der Waals surface area contributed by atoms with Crippen molar-refractivity contribution < 1.29 is 15.0 Å². The lowest BCUT2D eigenvalue weighted by atomic mass is 10.1. The Labute approximate surface area is 110 Å². The second-order valence-electron chi connectivity index (χ2n) is 4.43. The van der Waals surface area contributed by atoms with E-state index >= 15 is 0 Å². The van der Waals surface area contributed by atoms with Crippen LogP contribution in [-0.4, -0.2) is 35.8 Å². The van der Waals surface area contributed by atoms with E-state index in [-0.39, 0.29) is 12.6 Å². The maximum absolute atomic E-state index is 11.4. The molecule has 0 saturated heterocycles. The molecule has 0 aromatic heterocycles. The third kappa shape index (κ3) is 2.05. The average molecular weight is 271 g/mol. The van der Waals surface area contributed by atoms with Crippen molar-refractivity contribution in [3.63, 3.8) is 0 Å². The van der Waals surface area contributed by atoms with Crippen LogP contribution in [0.2, 0.25) is 5.02 Å². The first kappa shape index (κ1) is 13.1. The topological polar surface area (TPSA) is 72.8 Å². The Balaban J connectivity index is 2.41. The molecule has 1 aliphatic heterocycles. The van der Waals surface area contributed by atoms with Crippen LogP contribution in [0, 0.1) is 0 Å². The summed E-state index contributed by atoms with van der Waals surface area (Å²) in [5.41, 5.74) is 1.74. The van der Waals surface area contributed by atoms with Crippen LogP contribution in [-0.2, 0) is 4.79 Å². The molecule has 18 heavy (non-hydrogen) atoms. The zero-order chi connectivity index (χ0) is 13.4. The normalized spacial score (nSPS) is 19.4. The Morgan fingerprint density at radius 2 is 2.22 bits per heavy atom. The smallest absolute Gasteiger partial charge is 0.257 e. The van der Waals surface area contributed by atoms with Gasteiger partial charge in [0.2, 0.25) is 0 Å². The maximum Gasteiger partial charge on any atom is 0.257 e. The predicted molar refractivity (Wildman–Crippen MR) is 70.0 cm³/mol. The molecule has 6 heteroatoms. The molecule has 0 saturated carbocycles. The summed E-state index contributed by atoms with van der Waals surface area (Å²) < 4.78 is 0. The first-order valence-electron chi connectivity index (χ1n) is 5.61. The number of amides is 1. The largest absolute Gasteiger partial charge is 0.394 e. The van der Waals surface area contributed by atoms with Gasteiger partial charge in [0.05, 0.1) is 17.3 Å². The van der Waals surface area contributed by atoms with Gasteiger partial charge in [-0.05, 0) is 19.1 Å². The second-order valence-corrected chi connectivity index (χ2v) is 4.83. The molecule has 5 nitrogen and oxygen atoms in total. The van der Waals surface area contributed by atoms with Crippen LogP contribution in [0.1, 0.15) is 18.6 Å². The van der Waals surface area contributed by atoms with Crippen LogP contribution in [0.15, 0.2) is 12.1 Å². The molecule has 0 spiro atoms. The molecule has 2 unspecified atom stereocenters.